The van der Waals surface area contributed by atoms with Crippen LogP contribution in [0.4, 0.5) is 0 Å². The molecule has 26 heavy (non-hydrogen) atoms. The summed E-state index contributed by atoms with van der Waals surface area (Å²) in [6, 6.07) is 4.10. The number of Topliss-reactive ketones (excluding diaryl/α,β-unsaturated/α-hetero) is 2. The Labute approximate surface area is 154 Å². The van der Waals surface area contributed by atoms with Crippen molar-refractivity contribution in [2.75, 3.05) is 6.61 Å². The molecule has 1 aliphatic heterocycles. The van der Waals surface area contributed by atoms with Crippen molar-refractivity contribution in [1.82, 2.24) is 0 Å². The second-order valence-electron chi connectivity index (χ2n) is 8.77. The van der Waals surface area contributed by atoms with Gasteiger partial charge in [-0.1, -0.05) is 32.9 Å². The van der Waals surface area contributed by atoms with Gasteiger partial charge in [0.05, 0.1) is 6.61 Å². The normalized spacial score (nSPS) is 29.0. The average molecular weight is 354 g/mol. The molecule has 138 valence electrons. The number of hydrogen-bond acceptors (Lipinski definition) is 4. The minimum atomic E-state index is -1.78. The Balaban J connectivity index is 2.05. The van der Waals surface area contributed by atoms with Crippen LogP contribution in [0.3, 0.4) is 0 Å². The lowest BCUT2D eigenvalue weighted by atomic mass is 9.65. The average Bonchev–Trinajstić information content (AvgIpc) is 2.93. The third-order valence-electron chi connectivity index (χ3n) is 6.27. The quantitative estimate of drug-likeness (QED) is 0.884. The third kappa shape index (κ3) is 2.24. The maximum absolute atomic E-state index is 13.3. The number of ether oxygens (including phenoxy) is 1. The molecule has 0 saturated carbocycles. The first-order valence-corrected chi connectivity index (χ1v) is 9.47. The molecule has 4 nitrogen and oxygen atoms in total. The number of fused-ring (bicyclic) bond motifs is 4. The van der Waals surface area contributed by atoms with Crippen LogP contribution in [0.2, 0.25) is 0 Å². The summed E-state index contributed by atoms with van der Waals surface area (Å²) in [7, 11) is 0. The fraction of sp³-hybridized carbons (Fsp3) is 0.545. The molecular weight excluding hydrogens is 328 g/mol. The minimum absolute atomic E-state index is 0.0126. The molecular formula is C22H26O4. The van der Waals surface area contributed by atoms with Gasteiger partial charge in [-0.25, -0.2) is 0 Å². The van der Waals surface area contributed by atoms with Gasteiger partial charge >= 0.3 is 0 Å². The summed E-state index contributed by atoms with van der Waals surface area (Å²) in [6.45, 7) is 8.20. The van der Waals surface area contributed by atoms with Crippen LogP contribution in [0.1, 0.15) is 69.2 Å². The molecule has 0 amide bonds. The molecule has 2 atom stereocenters. The van der Waals surface area contributed by atoms with Gasteiger partial charge in [-0.3, -0.25) is 9.59 Å². The molecule has 2 aliphatic carbocycles. The van der Waals surface area contributed by atoms with Crippen molar-refractivity contribution in [2.24, 2.45) is 5.92 Å². The largest absolute Gasteiger partial charge is 0.492 e. The molecule has 0 saturated heterocycles. The molecule has 0 radical (unpaired) electrons. The number of ketones is 2. The highest BCUT2D eigenvalue weighted by atomic mass is 16.5. The monoisotopic (exact) mass is 354 g/mol. The van der Waals surface area contributed by atoms with Crippen molar-refractivity contribution >= 4 is 17.3 Å². The Kier molecular flexibility index (Phi) is 3.71. The van der Waals surface area contributed by atoms with Crippen LogP contribution >= 0.6 is 0 Å². The topological polar surface area (TPSA) is 63.6 Å². The predicted molar refractivity (Wildman–Crippen MR) is 98.6 cm³/mol. The summed E-state index contributed by atoms with van der Waals surface area (Å²) >= 11 is 0. The summed E-state index contributed by atoms with van der Waals surface area (Å²) in [5.41, 5.74) is 2.37. The van der Waals surface area contributed by atoms with Crippen LogP contribution in [-0.2, 0) is 31.8 Å². The Morgan fingerprint density at radius 3 is 2.77 bits per heavy atom. The Bertz CT molecular complexity index is 861. The Hall–Kier alpha value is -1.94. The molecule has 0 aromatic heterocycles. The lowest BCUT2D eigenvalue weighted by molar-refractivity contribution is -0.140. The fourth-order valence-electron chi connectivity index (χ4n) is 5.05. The molecule has 1 N–H and O–H groups in total. The van der Waals surface area contributed by atoms with Gasteiger partial charge in [0.1, 0.15) is 11.5 Å². The maximum atomic E-state index is 13.3. The van der Waals surface area contributed by atoms with E-state index in [0.29, 0.717) is 23.5 Å². The van der Waals surface area contributed by atoms with Gasteiger partial charge in [0.25, 0.3) is 0 Å². The number of carbonyl (C=O) groups excluding carboxylic acids is 2. The highest BCUT2D eigenvalue weighted by molar-refractivity contribution is 6.13. The molecule has 1 aromatic rings. The van der Waals surface area contributed by atoms with Crippen molar-refractivity contribution < 1.29 is 19.4 Å². The Morgan fingerprint density at radius 2 is 2.08 bits per heavy atom. The number of benzene rings is 1. The smallest absolute Gasteiger partial charge is 0.199 e. The van der Waals surface area contributed by atoms with E-state index in [-0.39, 0.29) is 29.3 Å². The van der Waals surface area contributed by atoms with E-state index in [2.05, 4.69) is 19.9 Å². The van der Waals surface area contributed by atoms with Crippen LogP contribution in [-0.4, -0.2) is 23.3 Å². The standard InChI is InChI=1S/C22H26O4/c1-12-11-26-19-15-7-8-16-14(6-5-9-21(16,3)4)18(15)22(25,10-13(2)23)20(24)17(12)19/h7-8,12,25H,5-6,9-11H2,1-4H3/t12-,22+/m1/s1. The highest BCUT2D eigenvalue weighted by Crippen LogP contribution is 2.51. The lowest BCUT2D eigenvalue weighted by Crippen LogP contribution is -2.44. The number of hydrogen-bond donors (Lipinski definition) is 1. The highest BCUT2D eigenvalue weighted by Gasteiger charge is 2.52. The van der Waals surface area contributed by atoms with Gasteiger partial charge in [0, 0.05) is 29.0 Å². The molecule has 4 heteroatoms. The van der Waals surface area contributed by atoms with Crippen LogP contribution in [0, 0.1) is 5.92 Å². The second kappa shape index (κ2) is 5.53. The van der Waals surface area contributed by atoms with E-state index in [9.17, 15) is 14.7 Å². The summed E-state index contributed by atoms with van der Waals surface area (Å²) in [5.74, 6) is 0.000541. The molecule has 3 aliphatic rings. The zero-order chi connectivity index (χ0) is 18.9. The van der Waals surface area contributed by atoms with Crippen LogP contribution in [0.15, 0.2) is 17.7 Å². The number of carbonyl (C=O) groups is 2. The predicted octanol–water partition coefficient (Wildman–Crippen LogP) is 3.43. The summed E-state index contributed by atoms with van der Waals surface area (Å²) in [4.78, 5) is 25.3. The van der Waals surface area contributed by atoms with E-state index < -0.39 is 5.60 Å². The van der Waals surface area contributed by atoms with E-state index in [0.717, 1.165) is 30.4 Å². The lowest BCUT2D eigenvalue weighted by Gasteiger charge is -2.40. The van der Waals surface area contributed by atoms with Gasteiger partial charge in [-0.15, -0.1) is 0 Å². The van der Waals surface area contributed by atoms with Crippen LogP contribution < -0.4 is 0 Å². The van der Waals surface area contributed by atoms with Crippen LogP contribution in [0.5, 0.6) is 0 Å². The van der Waals surface area contributed by atoms with Crippen molar-refractivity contribution in [3.63, 3.8) is 0 Å². The third-order valence-corrected chi connectivity index (χ3v) is 6.27. The van der Waals surface area contributed by atoms with Gasteiger partial charge in [0.2, 0.25) is 0 Å². The molecule has 1 aromatic carbocycles. The van der Waals surface area contributed by atoms with Crippen molar-refractivity contribution in [3.8, 4) is 0 Å². The molecule has 0 spiro atoms. The van der Waals surface area contributed by atoms with Gasteiger partial charge in [-0.2, -0.15) is 0 Å². The van der Waals surface area contributed by atoms with Crippen molar-refractivity contribution in [2.45, 2.75) is 64.4 Å². The van der Waals surface area contributed by atoms with Crippen LogP contribution in [0.25, 0.3) is 5.76 Å². The molecule has 4 rings (SSSR count). The zero-order valence-electron chi connectivity index (χ0n) is 15.9. The fourth-order valence-corrected chi connectivity index (χ4v) is 5.05. The van der Waals surface area contributed by atoms with Crippen molar-refractivity contribution in [3.05, 3.63) is 40.0 Å². The molecule has 0 unspecified atom stereocenters. The van der Waals surface area contributed by atoms with Gasteiger partial charge in [-0.05, 0) is 42.7 Å². The van der Waals surface area contributed by atoms with E-state index in [1.807, 2.05) is 13.0 Å². The maximum Gasteiger partial charge on any atom is 0.199 e. The Morgan fingerprint density at radius 1 is 1.35 bits per heavy atom. The van der Waals surface area contributed by atoms with Gasteiger partial charge < -0.3 is 9.84 Å². The minimum Gasteiger partial charge on any atom is -0.492 e. The SMILES string of the molecule is CC(=O)C[C@@]1(O)C(=O)C2=C(OC[C@H]2C)c2ccc3c(c21)CCCC3(C)C. The molecule has 1 heterocycles. The van der Waals surface area contributed by atoms with E-state index in [4.69, 9.17) is 4.74 Å². The summed E-state index contributed by atoms with van der Waals surface area (Å²) in [6.07, 6.45) is 2.70. The second-order valence-corrected chi connectivity index (χ2v) is 8.77. The van der Waals surface area contributed by atoms with E-state index in [1.54, 1.807) is 0 Å². The first kappa shape index (κ1) is 17.5. The van der Waals surface area contributed by atoms with E-state index in [1.165, 1.54) is 12.5 Å². The molecule has 0 fully saturated rings. The first-order chi connectivity index (χ1) is 12.2. The first-order valence-electron chi connectivity index (χ1n) is 9.47. The van der Waals surface area contributed by atoms with Gasteiger partial charge in [0.15, 0.2) is 11.4 Å². The zero-order valence-corrected chi connectivity index (χ0v) is 15.9. The number of aliphatic hydroxyl groups is 1. The van der Waals surface area contributed by atoms with E-state index >= 15 is 0 Å². The van der Waals surface area contributed by atoms with Crippen molar-refractivity contribution in [1.29, 1.82) is 0 Å². The molecule has 0 bridgehead atoms. The summed E-state index contributed by atoms with van der Waals surface area (Å²) in [5, 5.41) is 11.6. The summed E-state index contributed by atoms with van der Waals surface area (Å²) < 4.78 is 5.87. The number of rotatable bonds is 2.